The number of aliphatic imine (C=N–C) groups is 1. The van der Waals surface area contributed by atoms with E-state index in [1.54, 1.807) is 18.3 Å². The van der Waals surface area contributed by atoms with Gasteiger partial charge >= 0.3 is 5.97 Å². The van der Waals surface area contributed by atoms with Crippen LogP contribution >= 0.6 is 46.7 Å². The highest BCUT2D eigenvalue weighted by Crippen LogP contribution is 2.24. The van der Waals surface area contributed by atoms with Crippen LogP contribution in [0.5, 0.6) is 0 Å². The van der Waals surface area contributed by atoms with Gasteiger partial charge in [0.1, 0.15) is 9.88 Å². The SMILES string of the molecule is CCNC(=NCCc1cccs1)NC(C)c1nc(C)c(C(=O)OCC)s1.I. The summed E-state index contributed by atoms with van der Waals surface area (Å²) in [6, 6.07) is 4.13. The summed E-state index contributed by atoms with van der Waals surface area (Å²) in [6.07, 6.45) is 0.923. The van der Waals surface area contributed by atoms with Crippen molar-refractivity contribution in [1.82, 2.24) is 15.6 Å². The topological polar surface area (TPSA) is 75.6 Å². The highest BCUT2D eigenvalue weighted by molar-refractivity contribution is 14.0. The lowest BCUT2D eigenvalue weighted by atomic mass is 10.3. The molecule has 0 aliphatic heterocycles. The Hall–Kier alpha value is -1.20. The van der Waals surface area contributed by atoms with Gasteiger partial charge in [-0.1, -0.05) is 6.07 Å². The van der Waals surface area contributed by atoms with Crippen LogP contribution in [0.15, 0.2) is 22.5 Å². The summed E-state index contributed by atoms with van der Waals surface area (Å²) >= 11 is 3.12. The third-order valence-electron chi connectivity index (χ3n) is 3.55. The molecule has 9 heteroatoms. The van der Waals surface area contributed by atoms with Crippen LogP contribution in [0.25, 0.3) is 0 Å². The van der Waals surface area contributed by atoms with Gasteiger partial charge in [0.05, 0.1) is 18.3 Å². The number of thiophene rings is 1. The molecule has 150 valence electrons. The normalized spacial score (nSPS) is 12.2. The molecular weight excluding hydrogens is 495 g/mol. The number of hydrogen-bond donors (Lipinski definition) is 2. The number of aromatic nitrogens is 1. The summed E-state index contributed by atoms with van der Waals surface area (Å²) in [7, 11) is 0. The number of aryl methyl sites for hydroxylation is 1. The second-order valence-corrected chi connectivity index (χ2v) is 7.71. The molecule has 0 bridgehead atoms. The maximum atomic E-state index is 12.0. The first-order chi connectivity index (χ1) is 12.5. The maximum absolute atomic E-state index is 12.0. The molecule has 2 aromatic heterocycles. The van der Waals surface area contributed by atoms with Gasteiger partial charge in [-0.25, -0.2) is 9.78 Å². The van der Waals surface area contributed by atoms with Gasteiger partial charge in [0, 0.05) is 24.4 Å². The van der Waals surface area contributed by atoms with Crippen LogP contribution in [-0.2, 0) is 11.2 Å². The van der Waals surface area contributed by atoms with E-state index in [2.05, 4.69) is 38.1 Å². The number of ether oxygens (including phenoxy) is 1. The molecule has 0 saturated carbocycles. The first-order valence-electron chi connectivity index (χ1n) is 8.76. The summed E-state index contributed by atoms with van der Waals surface area (Å²) in [5, 5.41) is 9.54. The zero-order chi connectivity index (χ0) is 18.9. The first kappa shape index (κ1) is 23.8. The van der Waals surface area contributed by atoms with E-state index in [0.29, 0.717) is 23.7 Å². The van der Waals surface area contributed by atoms with E-state index < -0.39 is 0 Å². The predicted molar refractivity (Wildman–Crippen MR) is 124 cm³/mol. The van der Waals surface area contributed by atoms with Gasteiger partial charge < -0.3 is 15.4 Å². The standard InChI is InChI=1S/C18H26N4O2S2.HI/c1-5-19-18(20-10-9-14-8-7-11-25-14)22-13(4)16-21-12(3)15(26-16)17(23)24-6-2;/h7-8,11,13H,5-6,9-10H2,1-4H3,(H2,19,20,22);1H. The summed E-state index contributed by atoms with van der Waals surface area (Å²) in [5.41, 5.74) is 0.705. The average Bonchev–Trinajstić information content (AvgIpc) is 3.25. The molecule has 0 aliphatic rings. The Morgan fingerprint density at radius 3 is 2.81 bits per heavy atom. The number of nitrogens with one attached hydrogen (secondary N) is 2. The molecule has 2 heterocycles. The molecule has 27 heavy (non-hydrogen) atoms. The van der Waals surface area contributed by atoms with Gasteiger partial charge in [-0.3, -0.25) is 4.99 Å². The van der Waals surface area contributed by atoms with Crippen LogP contribution in [0.3, 0.4) is 0 Å². The predicted octanol–water partition coefficient (Wildman–Crippen LogP) is 4.17. The lowest BCUT2D eigenvalue weighted by Gasteiger charge is -2.16. The number of carbonyl (C=O) groups is 1. The number of carbonyl (C=O) groups excluding carboxylic acids is 1. The fraction of sp³-hybridized carbons (Fsp3) is 0.500. The van der Waals surface area contributed by atoms with Gasteiger partial charge in [0.15, 0.2) is 5.96 Å². The Balaban J connectivity index is 0.00000364. The van der Waals surface area contributed by atoms with Crippen molar-refractivity contribution in [2.24, 2.45) is 4.99 Å². The monoisotopic (exact) mass is 522 g/mol. The Labute approximate surface area is 185 Å². The van der Waals surface area contributed by atoms with Crippen LogP contribution in [-0.4, -0.2) is 36.6 Å². The molecular formula is C18H27IN4O2S2. The van der Waals surface area contributed by atoms with Crippen molar-refractivity contribution >= 4 is 58.6 Å². The molecule has 0 spiro atoms. The smallest absolute Gasteiger partial charge is 0.350 e. The van der Waals surface area contributed by atoms with Crippen LogP contribution in [0.4, 0.5) is 0 Å². The van der Waals surface area contributed by atoms with Gasteiger partial charge in [-0.15, -0.1) is 46.7 Å². The van der Waals surface area contributed by atoms with Crippen molar-refractivity contribution in [2.45, 2.75) is 40.2 Å². The summed E-state index contributed by atoms with van der Waals surface area (Å²) in [4.78, 5) is 23.0. The first-order valence-corrected chi connectivity index (χ1v) is 10.5. The Bertz CT molecular complexity index is 732. The van der Waals surface area contributed by atoms with E-state index >= 15 is 0 Å². The van der Waals surface area contributed by atoms with E-state index in [1.165, 1.54) is 16.2 Å². The third kappa shape index (κ3) is 7.38. The zero-order valence-electron chi connectivity index (χ0n) is 16.1. The second kappa shape index (κ2) is 12.3. The number of esters is 1. The molecule has 0 radical (unpaired) electrons. The Kier molecular flexibility index (Phi) is 10.9. The number of nitrogens with zero attached hydrogens (tertiary/aromatic N) is 2. The van der Waals surface area contributed by atoms with E-state index in [9.17, 15) is 4.79 Å². The van der Waals surface area contributed by atoms with Crippen LogP contribution in [0, 0.1) is 6.92 Å². The highest BCUT2D eigenvalue weighted by Gasteiger charge is 2.20. The molecule has 0 fully saturated rings. The molecule has 0 saturated heterocycles. The van der Waals surface area contributed by atoms with Crippen molar-refractivity contribution in [3.05, 3.63) is 38.0 Å². The summed E-state index contributed by atoms with van der Waals surface area (Å²) in [5.74, 6) is 0.444. The molecule has 0 aliphatic carbocycles. The molecule has 1 unspecified atom stereocenters. The van der Waals surface area contributed by atoms with E-state index in [1.807, 2.05) is 20.8 Å². The van der Waals surface area contributed by atoms with Gasteiger partial charge in [0.25, 0.3) is 0 Å². The summed E-state index contributed by atoms with van der Waals surface area (Å²) in [6.45, 7) is 9.54. The molecule has 6 nitrogen and oxygen atoms in total. The van der Waals surface area contributed by atoms with Gasteiger partial charge in [-0.05, 0) is 39.1 Å². The molecule has 2 N–H and O–H groups in total. The van der Waals surface area contributed by atoms with Crippen molar-refractivity contribution in [3.8, 4) is 0 Å². The molecule has 0 amide bonds. The minimum atomic E-state index is -0.308. The quantitative estimate of drug-likeness (QED) is 0.236. The van der Waals surface area contributed by atoms with E-state index in [-0.39, 0.29) is 36.0 Å². The van der Waals surface area contributed by atoms with Crippen molar-refractivity contribution in [2.75, 3.05) is 19.7 Å². The van der Waals surface area contributed by atoms with Crippen LogP contribution in [0.2, 0.25) is 0 Å². The number of hydrogen-bond acceptors (Lipinski definition) is 6. The average molecular weight is 522 g/mol. The lowest BCUT2D eigenvalue weighted by molar-refractivity contribution is 0.0531. The highest BCUT2D eigenvalue weighted by atomic mass is 127. The minimum Gasteiger partial charge on any atom is -0.462 e. The van der Waals surface area contributed by atoms with Crippen molar-refractivity contribution in [3.63, 3.8) is 0 Å². The molecule has 0 aromatic carbocycles. The van der Waals surface area contributed by atoms with E-state index in [4.69, 9.17) is 4.74 Å². The summed E-state index contributed by atoms with van der Waals surface area (Å²) < 4.78 is 5.09. The number of guanidine groups is 1. The van der Waals surface area contributed by atoms with Gasteiger partial charge in [-0.2, -0.15) is 0 Å². The van der Waals surface area contributed by atoms with E-state index in [0.717, 1.165) is 23.9 Å². The Morgan fingerprint density at radius 2 is 2.19 bits per heavy atom. The van der Waals surface area contributed by atoms with Crippen molar-refractivity contribution in [1.29, 1.82) is 0 Å². The zero-order valence-corrected chi connectivity index (χ0v) is 20.0. The Morgan fingerprint density at radius 1 is 1.41 bits per heavy atom. The molecule has 1 atom stereocenters. The fourth-order valence-electron chi connectivity index (χ4n) is 2.31. The maximum Gasteiger partial charge on any atom is 0.350 e. The number of rotatable bonds is 8. The van der Waals surface area contributed by atoms with Crippen LogP contribution in [0.1, 0.15) is 52.1 Å². The molecule has 2 aromatic rings. The van der Waals surface area contributed by atoms with Gasteiger partial charge in [0.2, 0.25) is 0 Å². The van der Waals surface area contributed by atoms with Crippen LogP contribution < -0.4 is 10.6 Å². The third-order valence-corrected chi connectivity index (χ3v) is 5.81. The number of halogens is 1. The second-order valence-electron chi connectivity index (χ2n) is 5.64. The van der Waals surface area contributed by atoms with Crippen molar-refractivity contribution < 1.29 is 9.53 Å². The molecule has 2 rings (SSSR count). The minimum absolute atomic E-state index is 0. The fourth-order valence-corrected chi connectivity index (χ4v) is 3.97. The lowest BCUT2D eigenvalue weighted by Crippen LogP contribution is -2.38. The largest absolute Gasteiger partial charge is 0.462 e. The number of thiazole rings is 1.